The van der Waals surface area contributed by atoms with Crippen LogP contribution in [0.5, 0.6) is 0 Å². The third kappa shape index (κ3) is 4.93. The fraction of sp³-hybridized carbons (Fsp3) is 0.929. The highest BCUT2D eigenvalue weighted by Crippen LogP contribution is 2.21. The van der Waals surface area contributed by atoms with Crippen molar-refractivity contribution in [2.24, 2.45) is 0 Å². The van der Waals surface area contributed by atoms with Crippen LogP contribution in [0.1, 0.15) is 32.6 Å². The van der Waals surface area contributed by atoms with Crippen LogP contribution in [0.4, 0.5) is 0 Å². The molecule has 4 nitrogen and oxygen atoms in total. The molecule has 4 heteroatoms. The molecule has 0 bridgehead atoms. The Hall–Kier alpha value is -0.630. The monoisotopic (exact) mass is 252 g/mol. The number of likely N-dealkylation sites (tertiary alicyclic amines) is 1. The van der Waals surface area contributed by atoms with Gasteiger partial charge in [-0.25, -0.2) is 0 Å². The molecule has 1 rings (SSSR count). The largest absolute Gasteiger partial charge is 0.309 e. The van der Waals surface area contributed by atoms with Crippen molar-refractivity contribution in [1.82, 2.24) is 15.1 Å². The molecule has 1 aliphatic rings. The minimum Gasteiger partial charge on any atom is -0.309 e. The second-order valence-electron chi connectivity index (χ2n) is 5.58. The van der Waals surface area contributed by atoms with Gasteiger partial charge in [0.25, 0.3) is 0 Å². The molecule has 0 saturated carbocycles. The molecule has 0 aromatic carbocycles. The third-order valence-corrected chi connectivity index (χ3v) is 3.77. The highest BCUT2D eigenvalue weighted by molar-refractivity contribution is 5.09. The molecule has 0 aliphatic carbocycles. The molecule has 0 atom stereocenters. The fourth-order valence-electron chi connectivity index (χ4n) is 2.59. The average Bonchev–Trinajstić information content (AvgIpc) is 2.37. The Labute approximate surface area is 112 Å². The molecule has 0 unspecified atom stereocenters. The Morgan fingerprint density at radius 3 is 2.44 bits per heavy atom. The lowest BCUT2D eigenvalue weighted by Gasteiger charge is -2.37. The van der Waals surface area contributed by atoms with Crippen molar-refractivity contribution in [3.63, 3.8) is 0 Å². The van der Waals surface area contributed by atoms with Crippen LogP contribution < -0.4 is 5.32 Å². The molecule has 0 spiro atoms. The van der Waals surface area contributed by atoms with Crippen molar-refractivity contribution in [1.29, 1.82) is 5.26 Å². The molecule has 18 heavy (non-hydrogen) atoms. The van der Waals surface area contributed by atoms with Crippen molar-refractivity contribution >= 4 is 0 Å². The van der Waals surface area contributed by atoms with E-state index in [9.17, 15) is 5.26 Å². The number of hydrogen-bond acceptors (Lipinski definition) is 4. The first-order valence-corrected chi connectivity index (χ1v) is 7.15. The van der Waals surface area contributed by atoms with Crippen LogP contribution in [-0.2, 0) is 0 Å². The van der Waals surface area contributed by atoms with E-state index in [1.807, 2.05) is 0 Å². The van der Waals surface area contributed by atoms with Crippen molar-refractivity contribution in [2.75, 3.05) is 46.8 Å². The van der Waals surface area contributed by atoms with Gasteiger partial charge in [0.2, 0.25) is 0 Å². The van der Waals surface area contributed by atoms with Crippen molar-refractivity contribution < 1.29 is 0 Å². The number of rotatable bonds is 7. The van der Waals surface area contributed by atoms with Crippen LogP contribution in [0, 0.1) is 11.3 Å². The van der Waals surface area contributed by atoms with Crippen molar-refractivity contribution in [3.05, 3.63) is 0 Å². The summed E-state index contributed by atoms with van der Waals surface area (Å²) in [4.78, 5) is 4.74. The summed E-state index contributed by atoms with van der Waals surface area (Å²) in [7, 11) is 4.25. The summed E-state index contributed by atoms with van der Waals surface area (Å²) in [5, 5.41) is 12.7. The summed E-state index contributed by atoms with van der Waals surface area (Å²) in [6, 6.07) is 2.48. The zero-order valence-electron chi connectivity index (χ0n) is 12.2. The van der Waals surface area contributed by atoms with Gasteiger partial charge in [-0.1, -0.05) is 6.92 Å². The van der Waals surface area contributed by atoms with Gasteiger partial charge in [-0.05, 0) is 59.4 Å². The Kier molecular flexibility index (Phi) is 6.62. The summed E-state index contributed by atoms with van der Waals surface area (Å²) in [6.45, 7) is 7.43. The van der Waals surface area contributed by atoms with Gasteiger partial charge in [0.15, 0.2) is 0 Å². The summed E-state index contributed by atoms with van der Waals surface area (Å²) in [6.07, 6.45) is 4.45. The summed E-state index contributed by atoms with van der Waals surface area (Å²) >= 11 is 0. The van der Waals surface area contributed by atoms with Crippen LogP contribution in [0.3, 0.4) is 0 Å². The first kappa shape index (κ1) is 15.4. The average molecular weight is 252 g/mol. The Morgan fingerprint density at radius 1 is 1.28 bits per heavy atom. The second kappa shape index (κ2) is 7.73. The van der Waals surface area contributed by atoms with Gasteiger partial charge in [0, 0.05) is 13.1 Å². The molecule has 1 fully saturated rings. The van der Waals surface area contributed by atoms with Crippen LogP contribution >= 0.6 is 0 Å². The van der Waals surface area contributed by atoms with E-state index < -0.39 is 0 Å². The highest BCUT2D eigenvalue weighted by atomic mass is 15.2. The lowest BCUT2D eigenvalue weighted by atomic mass is 9.89. The molecule has 0 amide bonds. The number of unbranched alkanes of at least 4 members (excludes halogenated alkanes) is 1. The Balaban J connectivity index is 2.21. The van der Waals surface area contributed by atoms with Crippen LogP contribution in [-0.4, -0.2) is 62.2 Å². The lowest BCUT2D eigenvalue weighted by Crippen LogP contribution is -2.52. The van der Waals surface area contributed by atoms with Gasteiger partial charge in [-0.2, -0.15) is 5.26 Å². The van der Waals surface area contributed by atoms with E-state index in [1.165, 1.54) is 25.9 Å². The normalized spacial score (nSPS) is 19.9. The lowest BCUT2D eigenvalue weighted by molar-refractivity contribution is 0.164. The fourth-order valence-corrected chi connectivity index (χ4v) is 2.59. The molecule has 0 aromatic rings. The minimum absolute atomic E-state index is 0.255. The minimum atomic E-state index is -0.255. The maximum absolute atomic E-state index is 9.30. The predicted octanol–water partition coefficient (Wildman–Crippen LogP) is 1.30. The number of nitriles is 1. The van der Waals surface area contributed by atoms with Crippen LogP contribution in [0.2, 0.25) is 0 Å². The Morgan fingerprint density at radius 2 is 1.94 bits per heavy atom. The van der Waals surface area contributed by atoms with Gasteiger partial charge in [0.1, 0.15) is 5.54 Å². The van der Waals surface area contributed by atoms with Gasteiger partial charge in [-0.3, -0.25) is 5.32 Å². The van der Waals surface area contributed by atoms with Gasteiger partial charge >= 0.3 is 0 Å². The molecule has 1 aliphatic heterocycles. The molecule has 104 valence electrons. The zero-order valence-corrected chi connectivity index (χ0v) is 12.2. The molecule has 1 saturated heterocycles. The summed E-state index contributed by atoms with van der Waals surface area (Å²) in [5.74, 6) is 0. The number of nitrogens with zero attached hydrogens (tertiary/aromatic N) is 3. The predicted molar refractivity (Wildman–Crippen MR) is 75.5 cm³/mol. The van der Waals surface area contributed by atoms with Gasteiger partial charge in [0.05, 0.1) is 6.07 Å². The van der Waals surface area contributed by atoms with E-state index in [4.69, 9.17) is 0 Å². The van der Waals surface area contributed by atoms with E-state index in [1.54, 1.807) is 0 Å². The van der Waals surface area contributed by atoms with E-state index in [-0.39, 0.29) is 5.54 Å². The topological polar surface area (TPSA) is 42.3 Å². The molecule has 1 heterocycles. The maximum atomic E-state index is 9.30. The van der Waals surface area contributed by atoms with E-state index in [0.717, 1.165) is 32.5 Å². The molecule has 1 N–H and O–H groups in total. The summed E-state index contributed by atoms with van der Waals surface area (Å²) in [5.41, 5.74) is -0.255. The zero-order chi connectivity index (χ0) is 13.4. The van der Waals surface area contributed by atoms with E-state index >= 15 is 0 Å². The first-order chi connectivity index (χ1) is 8.62. The number of hydrogen-bond donors (Lipinski definition) is 1. The maximum Gasteiger partial charge on any atom is 0.109 e. The van der Waals surface area contributed by atoms with Crippen LogP contribution in [0.15, 0.2) is 0 Å². The molecule has 0 radical (unpaired) electrons. The highest BCUT2D eigenvalue weighted by Gasteiger charge is 2.33. The van der Waals surface area contributed by atoms with Gasteiger partial charge in [-0.15, -0.1) is 0 Å². The third-order valence-electron chi connectivity index (χ3n) is 3.77. The second-order valence-corrected chi connectivity index (χ2v) is 5.58. The molecular formula is C14H28N4. The van der Waals surface area contributed by atoms with Crippen molar-refractivity contribution in [3.8, 4) is 6.07 Å². The SMILES string of the molecule is CCNC1(C#N)CCN(CCCCN(C)C)CC1. The first-order valence-electron chi connectivity index (χ1n) is 7.15. The standard InChI is InChI=1S/C14H28N4/c1-4-16-14(13-15)7-11-18(12-8-14)10-6-5-9-17(2)3/h16H,4-12H2,1-3H3. The van der Waals surface area contributed by atoms with E-state index in [0.29, 0.717) is 0 Å². The Bertz CT molecular complexity index is 261. The van der Waals surface area contributed by atoms with E-state index in [2.05, 4.69) is 42.2 Å². The molecular weight excluding hydrogens is 224 g/mol. The smallest absolute Gasteiger partial charge is 0.109 e. The molecule has 0 aromatic heterocycles. The van der Waals surface area contributed by atoms with Gasteiger partial charge < -0.3 is 9.80 Å². The van der Waals surface area contributed by atoms with Crippen molar-refractivity contribution in [2.45, 2.75) is 38.1 Å². The quantitative estimate of drug-likeness (QED) is 0.694. The number of nitrogens with one attached hydrogen (secondary N) is 1. The summed E-state index contributed by atoms with van der Waals surface area (Å²) < 4.78 is 0. The van der Waals surface area contributed by atoms with Crippen LogP contribution in [0.25, 0.3) is 0 Å². The number of piperidine rings is 1.